The molecule has 1 fully saturated rings. The Kier molecular flexibility index (Phi) is 6.84. The summed E-state index contributed by atoms with van der Waals surface area (Å²) in [5.74, 6) is -0.0461. The Bertz CT molecular complexity index is 830. The molecule has 1 saturated heterocycles. The average molecular weight is 410 g/mol. The van der Waals surface area contributed by atoms with E-state index < -0.39 is 10.0 Å². The van der Waals surface area contributed by atoms with E-state index in [0.717, 1.165) is 49.7 Å². The molecule has 146 valence electrons. The van der Waals surface area contributed by atoms with Gasteiger partial charge in [0.05, 0.1) is 19.6 Å². The van der Waals surface area contributed by atoms with Crippen molar-refractivity contribution in [2.24, 2.45) is 0 Å². The van der Waals surface area contributed by atoms with Crippen molar-refractivity contribution in [2.75, 3.05) is 44.1 Å². The van der Waals surface area contributed by atoms with Crippen LogP contribution in [0.3, 0.4) is 0 Å². The summed E-state index contributed by atoms with van der Waals surface area (Å²) in [6.07, 6.45) is 0.265. The summed E-state index contributed by atoms with van der Waals surface area (Å²) >= 11 is 1.16. The van der Waals surface area contributed by atoms with Gasteiger partial charge in [0.1, 0.15) is 4.21 Å². The zero-order valence-electron chi connectivity index (χ0n) is 14.9. The van der Waals surface area contributed by atoms with E-state index in [9.17, 15) is 13.2 Å². The topological polar surface area (TPSA) is 87.7 Å². The third-order valence-electron chi connectivity index (χ3n) is 4.18. The Labute approximate surface area is 163 Å². The van der Waals surface area contributed by atoms with Crippen molar-refractivity contribution in [2.45, 2.75) is 10.6 Å². The molecule has 1 aliphatic heterocycles. The molecule has 1 aliphatic rings. The summed E-state index contributed by atoms with van der Waals surface area (Å²) in [4.78, 5) is 14.3. The lowest BCUT2D eigenvalue weighted by Crippen LogP contribution is -2.41. The van der Waals surface area contributed by atoms with Crippen molar-refractivity contribution >= 4 is 33.0 Å². The van der Waals surface area contributed by atoms with Crippen molar-refractivity contribution in [1.29, 1.82) is 0 Å². The number of amides is 1. The molecule has 2 heterocycles. The van der Waals surface area contributed by atoms with E-state index in [1.807, 2.05) is 0 Å². The summed E-state index contributed by atoms with van der Waals surface area (Å²) in [5.41, 5.74) is 1.30. The number of anilines is 1. The van der Waals surface area contributed by atoms with E-state index in [2.05, 4.69) is 14.9 Å². The normalized spacial score (nSPS) is 15.4. The number of morpholine rings is 1. The number of rotatable bonds is 8. The molecular weight excluding hydrogens is 386 g/mol. The minimum Gasteiger partial charge on any atom is -0.379 e. The predicted molar refractivity (Wildman–Crippen MR) is 106 cm³/mol. The van der Waals surface area contributed by atoms with Crippen LogP contribution in [0.15, 0.2) is 46.0 Å². The number of nitrogens with zero attached hydrogens (tertiary/aromatic N) is 1. The molecule has 0 spiro atoms. The van der Waals surface area contributed by atoms with Gasteiger partial charge in [-0.2, -0.15) is 0 Å². The molecule has 0 unspecified atom stereocenters. The standard InChI is InChI=1S/C18H23N3O4S2/c22-17(19-7-8-21-9-11-25-12-10-21)14-15-3-5-16(6-4-15)20-27(23,24)18-2-1-13-26-18/h1-6,13,20H,7-12,14H2,(H,19,22). The fraction of sp³-hybridized carbons (Fsp3) is 0.389. The molecular formula is C18H23N3O4S2. The first kappa shape index (κ1) is 19.8. The first-order chi connectivity index (χ1) is 13.0. The lowest BCUT2D eigenvalue weighted by Gasteiger charge is -2.26. The Morgan fingerprint density at radius 1 is 1.15 bits per heavy atom. The molecule has 2 aromatic rings. The molecule has 1 amide bonds. The van der Waals surface area contributed by atoms with Crippen LogP contribution in [-0.2, 0) is 26.0 Å². The molecule has 9 heteroatoms. The largest absolute Gasteiger partial charge is 0.379 e. The van der Waals surface area contributed by atoms with Crippen LogP contribution in [0.2, 0.25) is 0 Å². The number of sulfonamides is 1. The number of benzene rings is 1. The minimum atomic E-state index is -3.55. The highest BCUT2D eigenvalue weighted by molar-refractivity contribution is 7.94. The van der Waals surface area contributed by atoms with Crippen molar-refractivity contribution in [3.8, 4) is 0 Å². The Balaban J connectivity index is 1.45. The van der Waals surface area contributed by atoms with Gasteiger partial charge < -0.3 is 10.1 Å². The molecule has 0 aliphatic carbocycles. The van der Waals surface area contributed by atoms with E-state index in [0.29, 0.717) is 12.2 Å². The van der Waals surface area contributed by atoms with Gasteiger partial charge in [-0.15, -0.1) is 11.3 Å². The van der Waals surface area contributed by atoms with Crippen molar-refractivity contribution in [3.63, 3.8) is 0 Å². The zero-order chi connectivity index (χ0) is 19.1. The molecule has 3 rings (SSSR count). The van der Waals surface area contributed by atoms with E-state index in [1.165, 1.54) is 0 Å². The number of carbonyl (C=O) groups excluding carboxylic acids is 1. The number of hydrogen-bond donors (Lipinski definition) is 2. The number of ether oxygens (including phenoxy) is 1. The Hall–Kier alpha value is -1.94. The van der Waals surface area contributed by atoms with Gasteiger partial charge in [0, 0.05) is 31.9 Å². The van der Waals surface area contributed by atoms with Gasteiger partial charge in [0.25, 0.3) is 10.0 Å². The van der Waals surface area contributed by atoms with Crippen molar-refractivity contribution in [3.05, 3.63) is 47.3 Å². The predicted octanol–water partition coefficient (Wildman–Crippen LogP) is 1.54. The van der Waals surface area contributed by atoms with Crippen LogP contribution in [0.4, 0.5) is 5.69 Å². The van der Waals surface area contributed by atoms with Crippen molar-refractivity contribution < 1.29 is 17.9 Å². The monoisotopic (exact) mass is 409 g/mol. The molecule has 0 bridgehead atoms. The van der Waals surface area contributed by atoms with Gasteiger partial charge in [-0.05, 0) is 29.1 Å². The molecule has 1 aromatic carbocycles. The van der Waals surface area contributed by atoms with E-state index >= 15 is 0 Å². The fourth-order valence-corrected chi connectivity index (χ4v) is 4.79. The second kappa shape index (κ2) is 9.32. The van der Waals surface area contributed by atoms with Gasteiger partial charge >= 0.3 is 0 Å². The number of carbonyl (C=O) groups is 1. The summed E-state index contributed by atoms with van der Waals surface area (Å²) in [7, 11) is -3.55. The summed E-state index contributed by atoms with van der Waals surface area (Å²) in [6.45, 7) is 4.72. The lowest BCUT2D eigenvalue weighted by atomic mass is 10.1. The van der Waals surface area contributed by atoms with Crippen LogP contribution in [-0.4, -0.2) is 58.6 Å². The van der Waals surface area contributed by atoms with E-state index in [4.69, 9.17) is 4.74 Å². The second-order valence-electron chi connectivity index (χ2n) is 6.22. The molecule has 7 nitrogen and oxygen atoms in total. The van der Waals surface area contributed by atoms with Gasteiger partial charge in [0.15, 0.2) is 0 Å². The average Bonchev–Trinajstić information content (AvgIpc) is 3.20. The maximum absolute atomic E-state index is 12.2. The highest BCUT2D eigenvalue weighted by Crippen LogP contribution is 2.20. The highest BCUT2D eigenvalue weighted by atomic mass is 32.2. The van der Waals surface area contributed by atoms with E-state index in [-0.39, 0.29) is 16.5 Å². The first-order valence-corrected chi connectivity index (χ1v) is 11.1. The molecule has 27 heavy (non-hydrogen) atoms. The van der Waals surface area contributed by atoms with Crippen LogP contribution in [0.25, 0.3) is 0 Å². The third kappa shape index (κ3) is 6.03. The summed E-state index contributed by atoms with van der Waals surface area (Å²) in [6, 6.07) is 10.1. The van der Waals surface area contributed by atoms with Crippen LogP contribution < -0.4 is 10.0 Å². The first-order valence-electron chi connectivity index (χ1n) is 8.75. The molecule has 0 radical (unpaired) electrons. The maximum Gasteiger partial charge on any atom is 0.271 e. The zero-order valence-corrected chi connectivity index (χ0v) is 16.5. The van der Waals surface area contributed by atoms with Gasteiger partial charge in [0.2, 0.25) is 5.91 Å². The Morgan fingerprint density at radius 2 is 1.89 bits per heavy atom. The van der Waals surface area contributed by atoms with Gasteiger partial charge in [-0.3, -0.25) is 14.4 Å². The SMILES string of the molecule is O=C(Cc1ccc(NS(=O)(=O)c2cccs2)cc1)NCCN1CCOCC1. The number of nitrogens with one attached hydrogen (secondary N) is 2. The van der Waals surface area contributed by atoms with Crippen LogP contribution in [0, 0.1) is 0 Å². The maximum atomic E-state index is 12.2. The molecule has 0 atom stereocenters. The fourth-order valence-electron chi connectivity index (χ4n) is 2.74. The van der Waals surface area contributed by atoms with Crippen LogP contribution in [0.5, 0.6) is 0 Å². The van der Waals surface area contributed by atoms with Crippen LogP contribution >= 0.6 is 11.3 Å². The van der Waals surface area contributed by atoms with Gasteiger partial charge in [-0.1, -0.05) is 18.2 Å². The lowest BCUT2D eigenvalue weighted by molar-refractivity contribution is -0.120. The van der Waals surface area contributed by atoms with E-state index in [1.54, 1.807) is 41.8 Å². The summed E-state index contributed by atoms with van der Waals surface area (Å²) in [5, 5.41) is 4.64. The quantitative estimate of drug-likeness (QED) is 0.691. The molecule has 0 saturated carbocycles. The smallest absolute Gasteiger partial charge is 0.271 e. The third-order valence-corrected chi connectivity index (χ3v) is 6.96. The molecule has 1 aromatic heterocycles. The molecule has 2 N–H and O–H groups in total. The highest BCUT2D eigenvalue weighted by Gasteiger charge is 2.15. The van der Waals surface area contributed by atoms with Crippen molar-refractivity contribution in [1.82, 2.24) is 10.2 Å². The minimum absolute atomic E-state index is 0.0461. The van der Waals surface area contributed by atoms with Crippen LogP contribution in [0.1, 0.15) is 5.56 Å². The number of hydrogen-bond acceptors (Lipinski definition) is 6. The number of thiophene rings is 1. The Morgan fingerprint density at radius 3 is 2.56 bits per heavy atom. The van der Waals surface area contributed by atoms with Gasteiger partial charge in [-0.25, -0.2) is 8.42 Å². The second-order valence-corrected chi connectivity index (χ2v) is 9.07. The summed E-state index contributed by atoms with van der Waals surface area (Å²) < 4.78 is 32.5.